The summed E-state index contributed by atoms with van der Waals surface area (Å²) < 4.78 is 4.63. The first kappa shape index (κ1) is 50.7. The first-order valence-electron chi connectivity index (χ1n) is 28.3. The normalized spacial score (nSPS) is 11.2. The van der Waals surface area contributed by atoms with Gasteiger partial charge in [0.1, 0.15) is 0 Å². The van der Waals surface area contributed by atoms with Gasteiger partial charge in [0.15, 0.2) is 17.5 Å². The summed E-state index contributed by atoms with van der Waals surface area (Å²) >= 11 is 0. The molecule has 3 aromatic heterocycles. The van der Waals surface area contributed by atoms with Crippen molar-refractivity contribution >= 4 is 43.6 Å². The summed E-state index contributed by atoms with van der Waals surface area (Å²) in [5, 5.41) is 34.4. The Bertz CT molecular complexity index is 5050. The van der Waals surface area contributed by atoms with Crippen LogP contribution in [0.5, 0.6) is 0 Å². The number of hydrogen-bond acceptors (Lipinski definition) is 6. The lowest BCUT2D eigenvalue weighted by atomic mass is 9.99. The van der Waals surface area contributed by atoms with E-state index in [0.29, 0.717) is 34.2 Å². The molecule has 0 aliphatic heterocycles. The summed E-state index contributed by atoms with van der Waals surface area (Å²) in [6.07, 6.45) is 0. The van der Waals surface area contributed by atoms with Crippen LogP contribution in [0.3, 0.4) is 0 Å². The summed E-state index contributed by atoms with van der Waals surface area (Å²) in [6.45, 7) is 0. The Kier molecular flexibility index (Phi) is 12.5. The van der Waals surface area contributed by atoms with Crippen LogP contribution in [0, 0.1) is 34.0 Å². The Morgan fingerprint density at radius 3 is 0.988 bits per heavy atom. The fourth-order valence-electron chi connectivity index (χ4n) is 12.1. The van der Waals surface area contributed by atoms with E-state index in [1.165, 1.54) is 0 Å². The summed E-state index contributed by atoms with van der Waals surface area (Å²) in [5.41, 5.74) is 19.6. The molecular formula is C78H46N8. The van der Waals surface area contributed by atoms with Crippen molar-refractivity contribution < 1.29 is 0 Å². The van der Waals surface area contributed by atoms with Gasteiger partial charge in [0.2, 0.25) is 0 Å². The smallest absolute Gasteiger partial charge is 0.166 e. The zero-order chi connectivity index (χ0) is 57.7. The van der Waals surface area contributed by atoms with E-state index in [0.717, 1.165) is 127 Å². The maximum absolute atomic E-state index is 10.1. The first-order valence-corrected chi connectivity index (χ1v) is 28.3. The Morgan fingerprint density at radius 2 is 0.547 bits per heavy atom. The van der Waals surface area contributed by atoms with Crippen LogP contribution in [-0.2, 0) is 0 Å². The number of rotatable bonds is 10. The van der Waals surface area contributed by atoms with E-state index in [9.17, 15) is 15.8 Å². The molecule has 0 spiro atoms. The van der Waals surface area contributed by atoms with Crippen molar-refractivity contribution in [1.82, 2.24) is 24.1 Å². The standard InChI is InChI=1S/C78H46N8/c79-47-50-14-11-21-57(40-50)55-28-30-56(31-29-55)76-82-77(66-36-32-62(58-22-12-15-51(41-58)48-80)45-74(66)85-70-26-9-7-24-64(70)68-43-60(34-38-72(68)85)53-17-3-1-4-18-53)84-78(83-76)67-37-33-63(59-23-13-16-52(42-59)49-81)46-75(67)86-71-27-10-8-25-65(71)69-44-61(35-39-73(69)86)54-19-5-2-6-20-54/h1-46H. The van der Waals surface area contributed by atoms with E-state index >= 15 is 0 Å². The second-order valence-electron chi connectivity index (χ2n) is 21.3. The number of nitrogens with zero attached hydrogens (tertiary/aromatic N) is 8. The van der Waals surface area contributed by atoms with Crippen LogP contribution in [0.1, 0.15) is 16.7 Å². The van der Waals surface area contributed by atoms with Crippen LogP contribution in [0.15, 0.2) is 279 Å². The van der Waals surface area contributed by atoms with E-state index in [-0.39, 0.29) is 0 Å². The first-order chi connectivity index (χ1) is 42.5. The third-order valence-corrected chi connectivity index (χ3v) is 16.3. The Balaban J connectivity index is 1.01. The Labute approximate surface area is 495 Å². The van der Waals surface area contributed by atoms with Gasteiger partial charge in [-0.15, -0.1) is 0 Å². The lowest BCUT2D eigenvalue weighted by molar-refractivity contribution is 1.06. The molecule has 15 rings (SSSR count). The Hall–Kier alpha value is -12.3. The van der Waals surface area contributed by atoms with Crippen LogP contribution in [0.2, 0.25) is 0 Å². The summed E-state index contributed by atoms with van der Waals surface area (Å²) in [4.78, 5) is 16.6. The van der Waals surface area contributed by atoms with Gasteiger partial charge in [-0.2, -0.15) is 15.8 Å². The van der Waals surface area contributed by atoms with E-state index in [1.807, 2.05) is 109 Å². The molecule has 86 heavy (non-hydrogen) atoms. The van der Waals surface area contributed by atoms with Crippen molar-refractivity contribution in [3.8, 4) is 119 Å². The van der Waals surface area contributed by atoms with Crippen LogP contribution in [-0.4, -0.2) is 24.1 Å². The lowest BCUT2D eigenvalue weighted by Crippen LogP contribution is -2.06. The number of fused-ring (bicyclic) bond motifs is 6. The zero-order valence-corrected chi connectivity index (χ0v) is 46.1. The molecular weight excluding hydrogens is 1050 g/mol. The Morgan fingerprint density at radius 1 is 0.233 bits per heavy atom. The number of hydrogen-bond donors (Lipinski definition) is 0. The molecule has 0 aliphatic carbocycles. The van der Waals surface area contributed by atoms with Crippen molar-refractivity contribution in [2.24, 2.45) is 0 Å². The number of para-hydroxylation sites is 2. The third kappa shape index (κ3) is 8.99. The molecule has 0 atom stereocenters. The second-order valence-corrected chi connectivity index (χ2v) is 21.3. The van der Waals surface area contributed by atoms with Crippen molar-refractivity contribution in [2.75, 3.05) is 0 Å². The second kappa shape index (κ2) is 21.2. The highest BCUT2D eigenvalue weighted by molar-refractivity contribution is 6.12. The van der Waals surface area contributed by atoms with Gasteiger partial charge in [0, 0.05) is 38.2 Å². The van der Waals surface area contributed by atoms with Crippen LogP contribution >= 0.6 is 0 Å². The highest BCUT2D eigenvalue weighted by atomic mass is 15.1. The maximum Gasteiger partial charge on any atom is 0.166 e. The van der Waals surface area contributed by atoms with Crippen molar-refractivity contribution in [1.29, 1.82) is 15.8 Å². The molecule has 0 unspecified atom stereocenters. The molecule has 0 saturated heterocycles. The molecule has 0 saturated carbocycles. The highest BCUT2D eigenvalue weighted by Gasteiger charge is 2.24. The maximum atomic E-state index is 10.1. The fraction of sp³-hybridized carbons (Fsp3) is 0. The summed E-state index contributed by atoms with van der Waals surface area (Å²) in [5.74, 6) is 1.35. The molecule has 0 radical (unpaired) electrons. The fourth-order valence-corrected chi connectivity index (χ4v) is 12.1. The largest absolute Gasteiger partial charge is 0.308 e. The van der Waals surface area contributed by atoms with Crippen LogP contribution in [0.4, 0.5) is 0 Å². The third-order valence-electron chi connectivity index (χ3n) is 16.3. The van der Waals surface area contributed by atoms with E-state index in [4.69, 9.17) is 15.0 Å². The molecule has 0 bridgehead atoms. The molecule has 12 aromatic carbocycles. The number of nitriles is 3. The van der Waals surface area contributed by atoms with Crippen molar-refractivity contribution in [2.45, 2.75) is 0 Å². The number of aromatic nitrogens is 5. The SMILES string of the molecule is N#Cc1cccc(-c2ccc(-c3nc(-c4ccc(-c5cccc(C#N)c5)cc4-n4c5ccccc5c5cc(-c6ccccc6)ccc54)nc(-c4ccc(-c5cccc(C#N)c5)cc4-n4c5ccccc5c5cc(-c6ccccc6)ccc54)n3)cc2)c1. The van der Waals surface area contributed by atoms with Gasteiger partial charge in [-0.3, -0.25) is 0 Å². The molecule has 0 fully saturated rings. The van der Waals surface area contributed by atoms with Gasteiger partial charge in [-0.1, -0.05) is 182 Å². The van der Waals surface area contributed by atoms with Gasteiger partial charge >= 0.3 is 0 Å². The van der Waals surface area contributed by atoms with Crippen molar-refractivity contribution in [3.63, 3.8) is 0 Å². The molecule has 0 amide bonds. The highest BCUT2D eigenvalue weighted by Crippen LogP contribution is 2.43. The van der Waals surface area contributed by atoms with Gasteiger partial charge in [0.05, 0.1) is 68.3 Å². The molecule has 15 aromatic rings. The summed E-state index contributed by atoms with van der Waals surface area (Å²) in [7, 11) is 0. The van der Waals surface area contributed by atoms with E-state index in [1.54, 1.807) is 0 Å². The molecule has 8 heteroatoms. The molecule has 3 heterocycles. The molecule has 398 valence electrons. The van der Waals surface area contributed by atoms with Gasteiger partial charge < -0.3 is 9.13 Å². The van der Waals surface area contributed by atoms with Crippen LogP contribution < -0.4 is 0 Å². The number of benzene rings is 12. The zero-order valence-electron chi connectivity index (χ0n) is 46.1. The van der Waals surface area contributed by atoms with Gasteiger partial charge in [-0.25, -0.2) is 15.0 Å². The minimum atomic E-state index is 0.446. The predicted molar refractivity (Wildman–Crippen MR) is 346 cm³/mol. The molecule has 0 aliphatic rings. The average molecular weight is 1100 g/mol. The minimum absolute atomic E-state index is 0.446. The van der Waals surface area contributed by atoms with E-state index in [2.05, 4.69) is 197 Å². The van der Waals surface area contributed by atoms with Gasteiger partial charge in [0.25, 0.3) is 0 Å². The van der Waals surface area contributed by atoms with Crippen molar-refractivity contribution in [3.05, 3.63) is 296 Å². The quantitative estimate of drug-likeness (QED) is 0.135. The van der Waals surface area contributed by atoms with Gasteiger partial charge in [-0.05, 0) is 153 Å². The molecule has 0 N–H and O–H groups in total. The minimum Gasteiger partial charge on any atom is -0.308 e. The molecule has 8 nitrogen and oxygen atoms in total. The predicted octanol–water partition coefficient (Wildman–Crippen LogP) is 19.0. The van der Waals surface area contributed by atoms with E-state index < -0.39 is 0 Å². The monoisotopic (exact) mass is 1090 g/mol. The topological polar surface area (TPSA) is 120 Å². The van der Waals surface area contributed by atoms with Crippen LogP contribution in [0.25, 0.3) is 145 Å². The average Bonchev–Trinajstić information content (AvgIpc) is 1.99. The summed E-state index contributed by atoms with van der Waals surface area (Å²) in [6, 6.07) is 102. The lowest BCUT2D eigenvalue weighted by Gasteiger charge is -2.18.